The minimum Gasteiger partial charge on any atom is -0.479 e. The van der Waals surface area contributed by atoms with E-state index in [1.165, 1.54) is 0 Å². The van der Waals surface area contributed by atoms with Crippen molar-refractivity contribution in [2.24, 2.45) is 0 Å². The van der Waals surface area contributed by atoms with E-state index in [2.05, 4.69) is 0 Å². The fraction of sp³-hybridized carbons (Fsp3) is 0.889. The fourth-order valence-electron chi connectivity index (χ4n) is 1.79. The smallest absolute Gasteiger partial charge is 0.337 e. The van der Waals surface area contributed by atoms with E-state index in [9.17, 15) is 4.79 Å². The highest BCUT2D eigenvalue weighted by atomic mass is 16.5. The molecule has 1 heterocycles. The predicted octanol–water partition coefficient (Wildman–Crippen LogP) is 0.324. The Hall–Kier alpha value is -0.610. The van der Waals surface area contributed by atoms with Crippen molar-refractivity contribution in [1.82, 2.24) is 4.90 Å². The van der Waals surface area contributed by atoms with E-state index in [0.29, 0.717) is 13.0 Å². The molecule has 1 unspecified atom stereocenters. The summed E-state index contributed by atoms with van der Waals surface area (Å²) in [6.07, 6.45) is 2.88. The zero-order chi connectivity index (χ0) is 9.47. The van der Waals surface area contributed by atoms with Crippen LogP contribution in [0.1, 0.15) is 19.3 Å². The molecular formula is C9H15NO3. The lowest BCUT2D eigenvalue weighted by Gasteiger charge is -2.24. The minimum absolute atomic E-state index is 0.211. The fourth-order valence-corrected chi connectivity index (χ4v) is 1.79. The third kappa shape index (κ3) is 1.69. The Morgan fingerprint density at radius 3 is 2.69 bits per heavy atom. The molecule has 4 nitrogen and oxygen atoms in total. The molecule has 0 aromatic heterocycles. The van der Waals surface area contributed by atoms with Gasteiger partial charge < -0.3 is 14.7 Å². The summed E-state index contributed by atoms with van der Waals surface area (Å²) in [6.45, 7) is 1.35. The summed E-state index contributed by atoms with van der Waals surface area (Å²) in [4.78, 5) is 13.1. The molecule has 0 spiro atoms. The van der Waals surface area contributed by atoms with Gasteiger partial charge in [0.05, 0.1) is 6.10 Å². The van der Waals surface area contributed by atoms with E-state index < -0.39 is 11.6 Å². The van der Waals surface area contributed by atoms with Gasteiger partial charge in [0.2, 0.25) is 0 Å². The van der Waals surface area contributed by atoms with Crippen molar-refractivity contribution in [3.63, 3.8) is 0 Å². The number of hydrogen-bond acceptors (Lipinski definition) is 3. The van der Waals surface area contributed by atoms with Crippen molar-refractivity contribution < 1.29 is 14.6 Å². The van der Waals surface area contributed by atoms with Crippen LogP contribution in [0, 0.1) is 0 Å². The maximum Gasteiger partial charge on any atom is 0.337 e. The Labute approximate surface area is 77.5 Å². The van der Waals surface area contributed by atoms with Gasteiger partial charge in [0.15, 0.2) is 5.60 Å². The molecule has 1 aliphatic carbocycles. The van der Waals surface area contributed by atoms with Gasteiger partial charge in [0.25, 0.3) is 0 Å². The highest BCUT2D eigenvalue weighted by molar-refractivity contribution is 5.78. The molecule has 1 N–H and O–H groups in total. The molecular weight excluding hydrogens is 170 g/mol. The number of carbonyl (C=O) groups is 1. The van der Waals surface area contributed by atoms with Crippen LogP contribution in [0.5, 0.6) is 0 Å². The third-order valence-corrected chi connectivity index (χ3v) is 2.73. The molecule has 1 atom stereocenters. The van der Waals surface area contributed by atoms with Crippen LogP contribution in [0.25, 0.3) is 0 Å². The summed E-state index contributed by atoms with van der Waals surface area (Å²) in [5.41, 5.74) is -0.907. The number of rotatable bonds is 3. The molecule has 0 amide bonds. The molecule has 0 aromatic rings. The maximum atomic E-state index is 11.1. The molecule has 0 radical (unpaired) electrons. The van der Waals surface area contributed by atoms with Gasteiger partial charge in [0.1, 0.15) is 0 Å². The van der Waals surface area contributed by atoms with E-state index >= 15 is 0 Å². The van der Waals surface area contributed by atoms with E-state index in [0.717, 1.165) is 19.4 Å². The Morgan fingerprint density at radius 1 is 1.62 bits per heavy atom. The minimum atomic E-state index is -0.907. The summed E-state index contributed by atoms with van der Waals surface area (Å²) in [5.74, 6) is -0.802. The van der Waals surface area contributed by atoms with Crippen molar-refractivity contribution in [3.05, 3.63) is 0 Å². The molecule has 0 aromatic carbocycles. The summed E-state index contributed by atoms with van der Waals surface area (Å²) in [6, 6.07) is 0. The average molecular weight is 185 g/mol. The van der Waals surface area contributed by atoms with Gasteiger partial charge in [-0.05, 0) is 19.9 Å². The van der Waals surface area contributed by atoms with Gasteiger partial charge >= 0.3 is 5.97 Å². The van der Waals surface area contributed by atoms with E-state index in [4.69, 9.17) is 9.84 Å². The van der Waals surface area contributed by atoms with E-state index in [-0.39, 0.29) is 6.10 Å². The van der Waals surface area contributed by atoms with Gasteiger partial charge in [-0.15, -0.1) is 0 Å². The van der Waals surface area contributed by atoms with Gasteiger partial charge in [-0.2, -0.15) is 0 Å². The van der Waals surface area contributed by atoms with Crippen molar-refractivity contribution in [2.75, 3.05) is 20.1 Å². The highest BCUT2D eigenvalue weighted by Crippen LogP contribution is 2.34. The number of likely N-dealkylation sites (N-methyl/N-ethyl adjacent to an activating group) is 1. The lowest BCUT2D eigenvalue weighted by molar-refractivity contribution is -0.165. The van der Waals surface area contributed by atoms with Gasteiger partial charge in [-0.1, -0.05) is 0 Å². The van der Waals surface area contributed by atoms with Gasteiger partial charge in [0, 0.05) is 19.5 Å². The number of nitrogens with zero attached hydrogens (tertiary/aromatic N) is 1. The quantitative estimate of drug-likeness (QED) is 0.688. The zero-order valence-corrected chi connectivity index (χ0v) is 7.82. The molecule has 2 fully saturated rings. The molecule has 1 saturated heterocycles. The molecule has 1 aliphatic heterocycles. The second kappa shape index (κ2) is 2.96. The average Bonchev–Trinajstić information content (AvgIpc) is 2.76. The predicted molar refractivity (Wildman–Crippen MR) is 46.6 cm³/mol. The number of likely N-dealkylation sites (tertiary alicyclic amines) is 1. The SMILES string of the molecule is CN1CCC(OC2CC2)(C(=O)O)C1. The molecule has 2 aliphatic rings. The van der Waals surface area contributed by atoms with Crippen molar-refractivity contribution in [1.29, 1.82) is 0 Å². The monoisotopic (exact) mass is 185 g/mol. The van der Waals surface area contributed by atoms with Crippen molar-refractivity contribution >= 4 is 5.97 Å². The molecule has 1 saturated carbocycles. The second-order valence-electron chi connectivity index (χ2n) is 4.10. The Bertz CT molecular complexity index is 227. The number of carboxylic acids is 1. The number of carboxylic acid groups (broad SMARTS) is 1. The summed E-state index contributed by atoms with van der Waals surface area (Å²) < 4.78 is 5.60. The van der Waals surface area contributed by atoms with Crippen molar-refractivity contribution in [3.8, 4) is 0 Å². The maximum absolute atomic E-state index is 11.1. The van der Waals surface area contributed by atoms with Crippen LogP contribution >= 0.6 is 0 Å². The van der Waals surface area contributed by atoms with Crippen LogP contribution in [0.15, 0.2) is 0 Å². The Morgan fingerprint density at radius 2 is 2.31 bits per heavy atom. The molecule has 74 valence electrons. The third-order valence-electron chi connectivity index (χ3n) is 2.73. The molecule has 13 heavy (non-hydrogen) atoms. The standard InChI is InChI=1S/C9H15NO3/c1-10-5-4-9(6-10,8(11)12)13-7-2-3-7/h7H,2-6H2,1H3,(H,11,12). The zero-order valence-electron chi connectivity index (χ0n) is 7.82. The van der Waals surface area contributed by atoms with Crippen molar-refractivity contribution in [2.45, 2.75) is 31.0 Å². The first-order valence-electron chi connectivity index (χ1n) is 4.72. The van der Waals surface area contributed by atoms with Crippen LogP contribution in [0.3, 0.4) is 0 Å². The number of hydrogen-bond donors (Lipinski definition) is 1. The Balaban J connectivity index is 2.05. The van der Waals surface area contributed by atoms with Gasteiger partial charge in [-0.25, -0.2) is 4.79 Å². The van der Waals surface area contributed by atoms with E-state index in [1.54, 1.807) is 0 Å². The lowest BCUT2D eigenvalue weighted by Crippen LogP contribution is -2.44. The van der Waals surface area contributed by atoms with Crippen LogP contribution in [-0.4, -0.2) is 47.8 Å². The highest BCUT2D eigenvalue weighted by Gasteiger charge is 2.48. The van der Waals surface area contributed by atoms with Crippen LogP contribution in [0.4, 0.5) is 0 Å². The van der Waals surface area contributed by atoms with Gasteiger partial charge in [-0.3, -0.25) is 0 Å². The normalized spacial score (nSPS) is 35.2. The van der Waals surface area contributed by atoms with Crippen LogP contribution in [-0.2, 0) is 9.53 Å². The van der Waals surface area contributed by atoms with E-state index in [1.807, 2.05) is 11.9 Å². The largest absolute Gasteiger partial charge is 0.479 e. The lowest BCUT2D eigenvalue weighted by atomic mass is 10.0. The molecule has 0 bridgehead atoms. The second-order valence-corrected chi connectivity index (χ2v) is 4.10. The summed E-state index contributed by atoms with van der Waals surface area (Å²) in [7, 11) is 1.93. The molecule has 2 rings (SSSR count). The number of ether oxygens (including phenoxy) is 1. The number of aliphatic carboxylic acids is 1. The Kier molecular flexibility index (Phi) is 2.04. The first-order valence-corrected chi connectivity index (χ1v) is 4.72. The topological polar surface area (TPSA) is 49.8 Å². The summed E-state index contributed by atoms with van der Waals surface area (Å²) in [5, 5.41) is 9.11. The first-order chi connectivity index (χ1) is 6.12. The van der Waals surface area contributed by atoms with Crippen LogP contribution in [0.2, 0.25) is 0 Å². The first kappa shape index (κ1) is 8.97. The summed E-state index contributed by atoms with van der Waals surface area (Å²) >= 11 is 0. The van der Waals surface area contributed by atoms with Crippen LogP contribution < -0.4 is 0 Å². The molecule has 4 heteroatoms.